The van der Waals surface area contributed by atoms with Crippen molar-refractivity contribution in [3.05, 3.63) is 48.6 Å². The van der Waals surface area contributed by atoms with E-state index in [-0.39, 0.29) is 12.8 Å². The van der Waals surface area contributed by atoms with E-state index in [0.717, 1.165) is 31.6 Å². The Morgan fingerprint density at radius 3 is 1.74 bits per heavy atom. The van der Waals surface area contributed by atoms with Gasteiger partial charge < -0.3 is 29.5 Å². The maximum Gasteiger partial charge on any atom is 0.469 e. The molecule has 0 saturated heterocycles. The number of unbranched alkanes of at least 4 members (excludes halogenated alkanes) is 15. The summed E-state index contributed by atoms with van der Waals surface area (Å²) in [6.07, 6.45) is 34.7. The Balaban J connectivity index is 4.19. The highest BCUT2D eigenvalue weighted by Crippen LogP contribution is 2.36. The van der Waals surface area contributed by atoms with Crippen molar-refractivity contribution >= 4 is 19.8 Å². The average molecular weight is 771 g/mol. The molecule has 0 amide bonds. The first-order chi connectivity index (χ1) is 25.4. The number of aliphatic hydroxyl groups is 2. The van der Waals surface area contributed by atoms with E-state index in [0.29, 0.717) is 25.7 Å². The van der Waals surface area contributed by atoms with Gasteiger partial charge in [-0.1, -0.05) is 166 Å². The highest BCUT2D eigenvalue weighted by Gasteiger charge is 2.23. The Hall–Kier alpha value is -2.07. The van der Waals surface area contributed by atoms with Crippen molar-refractivity contribution in [1.82, 2.24) is 0 Å². The van der Waals surface area contributed by atoms with Crippen LogP contribution in [0.15, 0.2) is 48.6 Å². The number of ether oxygens (including phenoxy) is 2. The van der Waals surface area contributed by atoms with Gasteiger partial charge in [-0.25, -0.2) is 4.57 Å². The van der Waals surface area contributed by atoms with Gasteiger partial charge in [0.15, 0.2) is 6.10 Å². The largest absolute Gasteiger partial charge is 0.469 e. The first-order valence-electron chi connectivity index (χ1n) is 20.5. The fraction of sp³-hybridized carbons (Fsp3) is 0.762. The van der Waals surface area contributed by atoms with Crippen LogP contribution in [0.25, 0.3) is 0 Å². The van der Waals surface area contributed by atoms with Crippen LogP contribution in [-0.2, 0) is 28.2 Å². The van der Waals surface area contributed by atoms with E-state index in [1.165, 1.54) is 83.5 Å². The monoisotopic (exact) mass is 771 g/mol. The molecule has 0 aromatic rings. The first-order valence-corrected chi connectivity index (χ1v) is 22.0. The van der Waals surface area contributed by atoms with Gasteiger partial charge in [-0.3, -0.25) is 14.1 Å². The second-order valence-corrected chi connectivity index (χ2v) is 15.7. The molecule has 0 saturated carbocycles. The number of carbonyl (C=O) groups is 2. The molecule has 0 aliphatic heterocycles. The quantitative estimate of drug-likeness (QED) is 0.0159. The Labute approximate surface area is 321 Å². The average Bonchev–Trinajstić information content (AvgIpc) is 3.10. The van der Waals surface area contributed by atoms with E-state index in [2.05, 4.69) is 31.4 Å². The minimum absolute atomic E-state index is 0.00694. The molecule has 0 spiro atoms. The maximum absolute atomic E-state index is 12.4. The second-order valence-electron chi connectivity index (χ2n) is 14.5. The Morgan fingerprint density at radius 2 is 1.17 bits per heavy atom. The lowest BCUT2D eigenvalue weighted by atomic mass is 10.0. The molecule has 0 fully saturated rings. The lowest BCUT2D eigenvalue weighted by molar-refractivity contribution is -0.161. The van der Waals surface area contributed by atoms with Crippen LogP contribution in [0, 0.1) is 5.92 Å². The molecule has 0 aliphatic carbocycles. The molecule has 0 rings (SSSR count). The van der Waals surface area contributed by atoms with Gasteiger partial charge in [0, 0.05) is 12.8 Å². The molecule has 0 radical (unpaired) electrons. The molecule has 0 aromatic carbocycles. The molecule has 11 heteroatoms. The van der Waals surface area contributed by atoms with Gasteiger partial charge in [0.05, 0.1) is 18.8 Å². The van der Waals surface area contributed by atoms with Gasteiger partial charge in [-0.15, -0.1) is 0 Å². The lowest BCUT2D eigenvalue weighted by Crippen LogP contribution is -2.29. The van der Waals surface area contributed by atoms with Gasteiger partial charge in [0.1, 0.15) is 6.61 Å². The predicted octanol–water partition coefficient (Wildman–Crippen LogP) is 10.1. The highest BCUT2D eigenvalue weighted by molar-refractivity contribution is 7.46. The predicted molar refractivity (Wildman–Crippen MR) is 214 cm³/mol. The van der Waals surface area contributed by atoms with Gasteiger partial charge >= 0.3 is 19.8 Å². The zero-order valence-electron chi connectivity index (χ0n) is 33.3. The molecule has 0 aromatic heterocycles. The van der Waals surface area contributed by atoms with Gasteiger partial charge in [0.2, 0.25) is 0 Å². The molecular formula is C42H75O10P. The van der Waals surface area contributed by atoms with E-state index in [4.69, 9.17) is 19.3 Å². The van der Waals surface area contributed by atoms with Crippen LogP contribution in [0.4, 0.5) is 0 Å². The maximum atomic E-state index is 12.4. The summed E-state index contributed by atoms with van der Waals surface area (Å²) in [5, 5.41) is 20.2. The van der Waals surface area contributed by atoms with Crippen molar-refractivity contribution < 1.29 is 48.2 Å². The van der Waals surface area contributed by atoms with Crippen molar-refractivity contribution in [1.29, 1.82) is 0 Å². The molecule has 0 aliphatic rings. The van der Waals surface area contributed by atoms with E-state index in [9.17, 15) is 24.4 Å². The summed E-state index contributed by atoms with van der Waals surface area (Å²) in [7, 11) is -4.81. The summed E-state index contributed by atoms with van der Waals surface area (Å²) >= 11 is 0. The summed E-state index contributed by atoms with van der Waals surface area (Å²) in [6.45, 7) is 5.74. The molecule has 3 atom stereocenters. The fourth-order valence-electron chi connectivity index (χ4n) is 5.57. The highest BCUT2D eigenvalue weighted by atomic mass is 31.2. The third kappa shape index (κ3) is 39.4. The van der Waals surface area contributed by atoms with Crippen LogP contribution < -0.4 is 0 Å². The summed E-state index contributed by atoms with van der Waals surface area (Å²) in [5.74, 6) is -0.315. The first kappa shape index (κ1) is 50.9. The third-order valence-corrected chi connectivity index (χ3v) is 9.20. The van der Waals surface area contributed by atoms with Crippen LogP contribution >= 0.6 is 7.82 Å². The van der Waals surface area contributed by atoms with E-state index < -0.39 is 51.3 Å². The van der Waals surface area contributed by atoms with Gasteiger partial charge in [-0.05, 0) is 44.4 Å². The molecular weight excluding hydrogens is 695 g/mol. The summed E-state index contributed by atoms with van der Waals surface area (Å²) in [4.78, 5) is 42.8. The summed E-state index contributed by atoms with van der Waals surface area (Å²) in [6, 6.07) is 0. The summed E-state index contributed by atoms with van der Waals surface area (Å²) < 4.78 is 26.2. The zero-order chi connectivity index (χ0) is 39.4. The minimum Gasteiger partial charge on any atom is -0.462 e. The summed E-state index contributed by atoms with van der Waals surface area (Å²) in [5.41, 5.74) is 0. The Morgan fingerprint density at radius 1 is 0.623 bits per heavy atom. The number of esters is 2. The van der Waals surface area contributed by atoms with Crippen molar-refractivity contribution in [2.24, 2.45) is 5.92 Å². The molecule has 0 bridgehead atoms. The number of allylic oxidation sites excluding steroid dienone is 5. The SMILES string of the molecule is CCCCC/C=C\C[C@@H](O)/C=C/C=C/C=C\[C@@H](O)CCCC(=O)OC[C@H](COP(=O)(O)O)OC(=O)CCCCCCCCCCCCCCCC(C)C. The molecule has 0 unspecified atom stereocenters. The fourth-order valence-corrected chi connectivity index (χ4v) is 5.94. The van der Waals surface area contributed by atoms with Crippen molar-refractivity contribution in [2.75, 3.05) is 13.2 Å². The second kappa shape index (κ2) is 35.6. The number of hydrogen-bond acceptors (Lipinski definition) is 8. The van der Waals surface area contributed by atoms with Gasteiger partial charge in [-0.2, -0.15) is 0 Å². The van der Waals surface area contributed by atoms with E-state index in [1.54, 1.807) is 36.5 Å². The molecule has 53 heavy (non-hydrogen) atoms. The van der Waals surface area contributed by atoms with Crippen molar-refractivity contribution in [2.45, 2.75) is 187 Å². The number of phosphoric ester groups is 1. The standard InChI is InChI=1S/C42H75O10P/c1-4-5-6-7-18-23-29-38(43)30-24-20-21-25-31-39(44)32-27-34-41(45)50-35-40(36-51-53(47,48)49)52-42(46)33-26-19-16-14-12-10-8-9-11-13-15-17-22-28-37(2)3/h18,20-21,23-25,30-31,37-40,43-44H,4-17,19,22,26-29,32-36H2,1-3H3,(H2,47,48,49)/b21-20+,23-18-,30-24+,31-25-/t38-,39-,40-/m1/s1. The van der Waals surface area contributed by atoms with Gasteiger partial charge in [0.25, 0.3) is 0 Å². The van der Waals surface area contributed by atoms with Crippen LogP contribution in [-0.4, -0.2) is 63.5 Å². The molecule has 308 valence electrons. The normalized spacial score (nSPS) is 14.3. The number of aliphatic hydroxyl groups excluding tert-OH is 2. The molecule has 10 nitrogen and oxygen atoms in total. The minimum atomic E-state index is -4.81. The zero-order valence-corrected chi connectivity index (χ0v) is 34.2. The van der Waals surface area contributed by atoms with Crippen molar-refractivity contribution in [3.63, 3.8) is 0 Å². The Bertz CT molecular complexity index is 1050. The van der Waals surface area contributed by atoms with E-state index >= 15 is 0 Å². The van der Waals surface area contributed by atoms with Crippen molar-refractivity contribution in [3.8, 4) is 0 Å². The lowest BCUT2D eigenvalue weighted by Gasteiger charge is -2.18. The number of hydrogen-bond donors (Lipinski definition) is 4. The van der Waals surface area contributed by atoms with Crippen LogP contribution in [0.2, 0.25) is 0 Å². The smallest absolute Gasteiger partial charge is 0.462 e. The number of carbonyl (C=O) groups excluding carboxylic acids is 2. The van der Waals surface area contributed by atoms with Crippen LogP contribution in [0.3, 0.4) is 0 Å². The van der Waals surface area contributed by atoms with Crippen LogP contribution in [0.1, 0.15) is 168 Å². The third-order valence-electron chi connectivity index (χ3n) is 8.72. The number of rotatable bonds is 36. The van der Waals surface area contributed by atoms with Crippen LogP contribution in [0.5, 0.6) is 0 Å². The number of phosphoric acid groups is 1. The Kier molecular flexibility index (Phi) is 34.2. The molecule has 0 heterocycles. The topological polar surface area (TPSA) is 160 Å². The van der Waals surface area contributed by atoms with E-state index in [1.807, 2.05) is 6.08 Å². The molecule has 4 N–H and O–H groups in total.